The van der Waals surface area contributed by atoms with Crippen molar-refractivity contribution in [2.24, 2.45) is 5.92 Å². The molecule has 0 bridgehead atoms. The molecule has 0 heterocycles. The van der Waals surface area contributed by atoms with Gasteiger partial charge in [-0.05, 0) is 42.2 Å². The van der Waals surface area contributed by atoms with Crippen LogP contribution in [0.4, 0.5) is 0 Å². The van der Waals surface area contributed by atoms with Crippen LogP contribution in [0.3, 0.4) is 0 Å². The Hall–Kier alpha value is -1.35. The first-order valence-corrected chi connectivity index (χ1v) is 6.12. The van der Waals surface area contributed by atoms with E-state index in [4.69, 9.17) is 10.2 Å². The summed E-state index contributed by atoms with van der Waals surface area (Å²) in [5, 5.41) is 17.9. The molecule has 1 aliphatic rings. The fourth-order valence-electron chi connectivity index (χ4n) is 2.35. The summed E-state index contributed by atoms with van der Waals surface area (Å²) in [6, 6.07) is 7.98. The Kier molecular flexibility index (Phi) is 3.79. The summed E-state index contributed by atoms with van der Waals surface area (Å²) in [6.45, 7) is 0.135. The fourth-order valence-corrected chi connectivity index (χ4v) is 2.35. The van der Waals surface area contributed by atoms with E-state index in [2.05, 4.69) is 0 Å². The third-order valence-electron chi connectivity index (χ3n) is 3.37. The second-order valence-corrected chi connectivity index (χ2v) is 4.76. The minimum Gasteiger partial charge on any atom is -0.481 e. The van der Waals surface area contributed by atoms with Gasteiger partial charge in [-0.1, -0.05) is 24.3 Å². The van der Waals surface area contributed by atoms with E-state index in [9.17, 15) is 4.79 Å². The van der Waals surface area contributed by atoms with Crippen molar-refractivity contribution >= 4 is 5.97 Å². The fraction of sp³-hybridized carbons (Fsp3) is 0.500. The molecule has 1 aromatic rings. The first kappa shape index (κ1) is 12.1. The summed E-state index contributed by atoms with van der Waals surface area (Å²) in [6.07, 6.45) is 3.13. The minimum atomic E-state index is -0.727. The van der Waals surface area contributed by atoms with Crippen molar-refractivity contribution in [3.8, 4) is 0 Å². The standard InChI is InChI=1S/C14H18O3/c15-7-6-10-2-1-3-12(8-10)13(9-14(16)17)11-4-5-11/h1-3,8,11,13,15H,4-7,9H2,(H,16,17). The number of carboxylic acid groups (broad SMARTS) is 1. The van der Waals surface area contributed by atoms with Gasteiger partial charge in [0.05, 0.1) is 6.42 Å². The van der Waals surface area contributed by atoms with Crippen molar-refractivity contribution in [2.75, 3.05) is 6.61 Å². The highest BCUT2D eigenvalue weighted by molar-refractivity contribution is 5.68. The van der Waals surface area contributed by atoms with Crippen molar-refractivity contribution in [2.45, 2.75) is 31.6 Å². The smallest absolute Gasteiger partial charge is 0.303 e. The molecule has 1 aromatic carbocycles. The molecule has 1 fully saturated rings. The van der Waals surface area contributed by atoms with Crippen molar-refractivity contribution in [1.29, 1.82) is 0 Å². The number of hydrogen-bond acceptors (Lipinski definition) is 2. The van der Waals surface area contributed by atoms with Crippen LogP contribution >= 0.6 is 0 Å². The third-order valence-corrected chi connectivity index (χ3v) is 3.37. The molecular formula is C14H18O3. The van der Waals surface area contributed by atoms with E-state index in [0.717, 1.165) is 24.0 Å². The van der Waals surface area contributed by atoms with Gasteiger partial charge in [0, 0.05) is 6.61 Å². The molecule has 2 rings (SSSR count). The Morgan fingerprint density at radius 2 is 2.18 bits per heavy atom. The first-order valence-electron chi connectivity index (χ1n) is 6.12. The average molecular weight is 234 g/mol. The van der Waals surface area contributed by atoms with Crippen molar-refractivity contribution < 1.29 is 15.0 Å². The van der Waals surface area contributed by atoms with Gasteiger partial charge in [0.2, 0.25) is 0 Å². The van der Waals surface area contributed by atoms with E-state index in [-0.39, 0.29) is 18.9 Å². The Bertz CT molecular complexity index is 396. The van der Waals surface area contributed by atoms with Crippen molar-refractivity contribution in [1.82, 2.24) is 0 Å². The third kappa shape index (κ3) is 3.30. The van der Waals surface area contributed by atoms with Crippen LogP contribution in [-0.2, 0) is 11.2 Å². The van der Waals surface area contributed by atoms with E-state index in [0.29, 0.717) is 12.3 Å². The van der Waals surface area contributed by atoms with Gasteiger partial charge in [-0.25, -0.2) is 0 Å². The molecule has 0 saturated heterocycles. The average Bonchev–Trinajstić information content (AvgIpc) is 3.10. The van der Waals surface area contributed by atoms with Gasteiger partial charge in [-0.2, -0.15) is 0 Å². The van der Waals surface area contributed by atoms with Crippen LogP contribution in [0.15, 0.2) is 24.3 Å². The molecule has 1 saturated carbocycles. The van der Waals surface area contributed by atoms with E-state index in [1.54, 1.807) is 0 Å². The van der Waals surface area contributed by atoms with Crippen LogP contribution < -0.4 is 0 Å². The summed E-state index contributed by atoms with van der Waals surface area (Å²) in [7, 11) is 0. The highest BCUT2D eigenvalue weighted by Gasteiger charge is 2.33. The lowest BCUT2D eigenvalue weighted by atomic mass is 9.90. The minimum absolute atomic E-state index is 0.135. The predicted molar refractivity (Wildman–Crippen MR) is 64.9 cm³/mol. The van der Waals surface area contributed by atoms with Crippen molar-refractivity contribution in [3.05, 3.63) is 35.4 Å². The lowest BCUT2D eigenvalue weighted by molar-refractivity contribution is -0.137. The van der Waals surface area contributed by atoms with Crippen LogP contribution in [0.1, 0.15) is 36.3 Å². The van der Waals surface area contributed by atoms with Gasteiger partial charge in [-0.3, -0.25) is 4.79 Å². The van der Waals surface area contributed by atoms with Crippen LogP contribution in [-0.4, -0.2) is 22.8 Å². The van der Waals surface area contributed by atoms with Gasteiger partial charge in [0.15, 0.2) is 0 Å². The van der Waals surface area contributed by atoms with Gasteiger partial charge in [-0.15, -0.1) is 0 Å². The summed E-state index contributed by atoms with van der Waals surface area (Å²) in [5.41, 5.74) is 2.20. The van der Waals surface area contributed by atoms with Gasteiger partial charge in [0.1, 0.15) is 0 Å². The molecule has 0 aliphatic heterocycles. The van der Waals surface area contributed by atoms with Crippen LogP contribution in [0, 0.1) is 5.92 Å². The first-order chi connectivity index (χ1) is 8.20. The van der Waals surface area contributed by atoms with E-state index < -0.39 is 5.97 Å². The molecule has 3 nitrogen and oxygen atoms in total. The van der Waals surface area contributed by atoms with Crippen LogP contribution in [0.25, 0.3) is 0 Å². The number of hydrogen-bond donors (Lipinski definition) is 2. The quantitative estimate of drug-likeness (QED) is 0.793. The molecular weight excluding hydrogens is 216 g/mol. The Labute approximate surface area is 101 Å². The predicted octanol–water partition coefficient (Wildman–Crippen LogP) is 2.19. The zero-order valence-electron chi connectivity index (χ0n) is 9.80. The maximum absolute atomic E-state index is 10.9. The van der Waals surface area contributed by atoms with E-state index in [1.165, 1.54) is 0 Å². The molecule has 0 amide bonds. The highest BCUT2D eigenvalue weighted by atomic mass is 16.4. The van der Waals surface area contributed by atoms with Crippen LogP contribution in [0.5, 0.6) is 0 Å². The number of aliphatic hydroxyl groups is 1. The summed E-state index contributed by atoms with van der Waals surface area (Å²) in [4.78, 5) is 10.9. The molecule has 0 aromatic heterocycles. The van der Waals surface area contributed by atoms with E-state index >= 15 is 0 Å². The largest absolute Gasteiger partial charge is 0.481 e. The topological polar surface area (TPSA) is 57.5 Å². The van der Waals surface area contributed by atoms with E-state index in [1.807, 2.05) is 24.3 Å². The molecule has 1 atom stereocenters. The second kappa shape index (κ2) is 5.32. The lowest BCUT2D eigenvalue weighted by Gasteiger charge is -2.15. The van der Waals surface area contributed by atoms with Crippen LogP contribution in [0.2, 0.25) is 0 Å². The Morgan fingerprint density at radius 1 is 1.41 bits per heavy atom. The number of aliphatic carboxylic acids is 1. The zero-order chi connectivity index (χ0) is 12.3. The number of carbonyl (C=O) groups is 1. The maximum Gasteiger partial charge on any atom is 0.303 e. The number of benzene rings is 1. The zero-order valence-corrected chi connectivity index (χ0v) is 9.80. The lowest BCUT2D eigenvalue weighted by Crippen LogP contribution is -2.08. The van der Waals surface area contributed by atoms with Gasteiger partial charge in [0.25, 0.3) is 0 Å². The summed E-state index contributed by atoms with van der Waals surface area (Å²) < 4.78 is 0. The summed E-state index contributed by atoms with van der Waals surface area (Å²) >= 11 is 0. The molecule has 1 aliphatic carbocycles. The molecule has 92 valence electrons. The molecule has 0 spiro atoms. The Balaban J connectivity index is 2.16. The number of carboxylic acids is 1. The molecule has 1 unspecified atom stereocenters. The van der Waals surface area contributed by atoms with Gasteiger partial charge < -0.3 is 10.2 Å². The Morgan fingerprint density at radius 3 is 2.76 bits per heavy atom. The molecule has 17 heavy (non-hydrogen) atoms. The SMILES string of the molecule is O=C(O)CC(c1cccc(CCO)c1)C1CC1. The number of rotatable bonds is 6. The molecule has 2 N–H and O–H groups in total. The van der Waals surface area contributed by atoms with Gasteiger partial charge >= 0.3 is 5.97 Å². The molecule has 0 radical (unpaired) electrons. The normalized spacial score (nSPS) is 16.8. The molecule has 3 heteroatoms. The number of aliphatic hydroxyl groups excluding tert-OH is 1. The monoisotopic (exact) mass is 234 g/mol. The summed E-state index contributed by atoms with van der Waals surface area (Å²) in [5.74, 6) is -0.0453. The second-order valence-electron chi connectivity index (χ2n) is 4.76. The van der Waals surface area contributed by atoms with Crippen molar-refractivity contribution in [3.63, 3.8) is 0 Å². The maximum atomic E-state index is 10.9. The highest BCUT2D eigenvalue weighted by Crippen LogP contribution is 2.44.